The van der Waals surface area contributed by atoms with Crippen molar-refractivity contribution in [1.82, 2.24) is 0 Å². The van der Waals surface area contributed by atoms with Gasteiger partial charge in [0.15, 0.2) is 11.5 Å². The molecule has 0 unspecified atom stereocenters. The van der Waals surface area contributed by atoms with Gasteiger partial charge in [-0.1, -0.05) is 96.6 Å². The van der Waals surface area contributed by atoms with Crippen LogP contribution in [0.25, 0.3) is 43.8 Å². The molecule has 0 spiro atoms. The fraction of sp³-hybridized carbons (Fsp3) is 0.111. The van der Waals surface area contributed by atoms with E-state index in [0.717, 1.165) is 38.2 Å². The van der Waals surface area contributed by atoms with Crippen molar-refractivity contribution in [1.29, 1.82) is 0 Å². The van der Waals surface area contributed by atoms with Gasteiger partial charge < -0.3 is 9.84 Å². The smallest absolute Gasteiger partial charge is 0.166 e. The number of hydrogen-bond acceptors (Lipinski definition) is 2. The van der Waals surface area contributed by atoms with Gasteiger partial charge in [0, 0.05) is 16.7 Å². The van der Waals surface area contributed by atoms with Gasteiger partial charge in [-0.3, -0.25) is 0 Å². The summed E-state index contributed by atoms with van der Waals surface area (Å²) in [6.07, 6.45) is 0. The molecule has 6 aromatic carbocycles. The molecule has 192 valence electrons. The largest absolute Gasteiger partial charge is 0.504 e. The molecule has 0 fully saturated rings. The van der Waals surface area contributed by atoms with Gasteiger partial charge in [-0.15, -0.1) is 0 Å². The van der Waals surface area contributed by atoms with Crippen molar-refractivity contribution in [3.8, 4) is 33.8 Å². The third-order valence-electron chi connectivity index (χ3n) is 7.45. The topological polar surface area (TPSA) is 29.5 Å². The van der Waals surface area contributed by atoms with E-state index in [-0.39, 0.29) is 18.2 Å². The quantitative estimate of drug-likeness (QED) is 0.249. The fourth-order valence-electron chi connectivity index (χ4n) is 5.80. The first-order chi connectivity index (χ1) is 18.9. The standard InChI is InChI=1S/C36H29FO2/c1-22-18-23(2)33(24(3)19-22)30-17-16-25-10-4-7-13-28(25)34(30)35-29-14-8-5-11-26(29)20-32(36(35)38)39-21-27-12-6-9-15-31(27)37/h4-20,38H,21H2,1-3H3. The third kappa shape index (κ3) is 4.40. The minimum atomic E-state index is -0.334. The van der Waals surface area contributed by atoms with Crippen LogP contribution in [0.4, 0.5) is 4.39 Å². The zero-order valence-corrected chi connectivity index (χ0v) is 22.3. The third-order valence-corrected chi connectivity index (χ3v) is 7.45. The maximum Gasteiger partial charge on any atom is 0.166 e. The number of phenols is 1. The molecule has 3 heteroatoms. The van der Waals surface area contributed by atoms with E-state index < -0.39 is 0 Å². The van der Waals surface area contributed by atoms with E-state index >= 15 is 0 Å². The van der Waals surface area contributed by atoms with Crippen LogP contribution in [0, 0.1) is 26.6 Å². The van der Waals surface area contributed by atoms with Crippen LogP contribution in [-0.2, 0) is 6.61 Å². The number of fused-ring (bicyclic) bond motifs is 2. The highest BCUT2D eigenvalue weighted by Gasteiger charge is 2.23. The van der Waals surface area contributed by atoms with E-state index in [0.29, 0.717) is 16.9 Å². The van der Waals surface area contributed by atoms with Gasteiger partial charge in [-0.25, -0.2) is 4.39 Å². The minimum absolute atomic E-state index is 0.0105. The van der Waals surface area contributed by atoms with Gasteiger partial charge in [0.2, 0.25) is 0 Å². The highest BCUT2D eigenvalue weighted by molar-refractivity contribution is 6.13. The Morgan fingerprint density at radius 1 is 0.641 bits per heavy atom. The molecule has 6 aromatic rings. The molecule has 6 rings (SSSR count). The van der Waals surface area contributed by atoms with Crippen LogP contribution in [0.3, 0.4) is 0 Å². The Balaban J connectivity index is 1.66. The summed E-state index contributed by atoms with van der Waals surface area (Å²) >= 11 is 0. The summed E-state index contributed by atoms with van der Waals surface area (Å²) in [5, 5.41) is 15.9. The molecule has 0 atom stereocenters. The second-order valence-corrected chi connectivity index (χ2v) is 10.2. The molecule has 0 radical (unpaired) electrons. The first-order valence-corrected chi connectivity index (χ1v) is 13.1. The van der Waals surface area contributed by atoms with Gasteiger partial charge in [-0.05, 0) is 76.7 Å². The van der Waals surface area contributed by atoms with Gasteiger partial charge in [0.1, 0.15) is 12.4 Å². The number of benzene rings is 6. The summed E-state index contributed by atoms with van der Waals surface area (Å²) in [4.78, 5) is 0. The molecule has 0 bridgehead atoms. The average molecular weight is 513 g/mol. The normalized spacial score (nSPS) is 11.3. The molecule has 0 saturated heterocycles. The minimum Gasteiger partial charge on any atom is -0.504 e. The number of rotatable bonds is 5. The molecule has 0 aliphatic heterocycles. The summed E-state index contributed by atoms with van der Waals surface area (Å²) < 4.78 is 20.5. The Morgan fingerprint density at radius 2 is 1.26 bits per heavy atom. The number of hydrogen-bond donors (Lipinski definition) is 1. The highest BCUT2D eigenvalue weighted by Crippen LogP contribution is 2.50. The lowest BCUT2D eigenvalue weighted by Crippen LogP contribution is -2.00. The van der Waals surface area contributed by atoms with Crippen molar-refractivity contribution < 1.29 is 14.2 Å². The number of aromatic hydroxyl groups is 1. The van der Waals surface area contributed by atoms with E-state index in [1.54, 1.807) is 18.2 Å². The van der Waals surface area contributed by atoms with Crippen molar-refractivity contribution in [3.05, 3.63) is 131 Å². The maximum absolute atomic E-state index is 14.4. The van der Waals surface area contributed by atoms with Gasteiger partial charge >= 0.3 is 0 Å². The number of phenolic OH excluding ortho intramolecular Hbond substituents is 1. The molecule has 0 saturated carbocycles. The number of halogens is 1. The Morgan fingerprint density at radius 3 is 1.97 bits per heavy atom. The summed E-state index contributed by atoms with van der Waals surface area (Å²) in [5.41, 5.74) is 7.88. The fourth-order valence-corrected chi connectivity index (χ4v) is 5.80. The number of aryl methyl sites for hydroxylation is 3. The first-order valence-electron chi connectivity index (χ1n) is 13.1. The second kappa shape index (κ2) is 9.92. The lowest BCUT2D eigenvalue weighted by atomic mass is 9.84. The summed E-state index contributed by atoms with van der Waals surface area (Å²) in [6, 6.07) is 33.3. The van der Waals surface area contributed by atoms with Crippen molar-refractivity contribution >= 4 is 21.5 Å². The Bertz CT molecular complexity index is 1850. The van der Waals surface area contributed by atoms with Crippen LogP contribution in [0.2, 0.25) is 0 Å². The van der Waals surface area contributed by atoms with Crippen molar-refractivity contribution in [2.75, 3.05) is 0 Å². The average Bonchev–Trinajstić information content (AvgIpc) is 2.92. The monoisotopic (exact) mass is 512 g/mol. The van der Waals surface area contributed by atoms with Crippen LogP contribution in [0.15, 0.2) is 103 Å². The van der Waals surface area contributed by atoms with Crippen molar-refractivity contribution in [3.63, 3.8) is 0 Å². The van der Waals surface area contributed by atoms with Crippen LogP contribution in [0.5, 0.6) is 11.5 Å². The first kappa shape index (κ1) is 24.7. The van der Waals surface area contributed by atoms with E-state index in [2.05, 4.69) is 57.2 Å². The summed E-state index contributed by atoms with van der Waals surface area (Å²) in [7, 11) is 0. The van der Waals surface area contributed by atoms with E-state index in [1.165, 1.54) is 22.8 Å². The zero-order chi connectivity index (χ0) is 27.1. The molecule has 1 N–H and O–H groups in total. The lowest BCUT2D eigenvalue weighted by molar-refractivity contribution is 0.285. The van der Waals surface area contributed by atoms with Crippen molar-refractivity contribution in [2.24, 2.45) is 0 Å². The van der Waals surface area contributed by atoms with E-state index in [1.807, 2.05) is 42.5 Å². The van der Waals surface area contributed by atoms with Crippen molar-refractivity contribution in [2.45, 2.75) is 27.4 Å². The molecular weight excluding hydrogens is 483 g/mol. The van der Waals surface area contributed by atoms with Crippen LogP contribution < -0.4 is 4.74 Å². The molecule has 0 aliphatic rings. The lowest BCUT2D eigenvalue weighted by Gasteiger charge is -2.21. The second-order valence-electron chi connectivity index (χ2n) is 10.2. The van der Waals surface area contributed by atoms with Gasteiger partial charge in [0.05, 0.1) is 0 Å². The molecular formula is C36H29FO2. The maximum atomic E-state index is 14.4. The predicted molar refractivity (Wildman–Crippen MR) is 159 cm³/mol. The van der Waals surface area contributed by atoms with Crippen LogP contribution in [-0.4, -0.2) is 5.11 Å². The Kier molecular flexibility index (Phi) is 6.28. The molecule has 2 nitrogen and oxygen atoms in total. The number of ether oxygens (including phenoxy) is 1. The summed E-state index contributed by atoms with van der Waals surface area (Å²) in [5.74, 6) is 0.0351. The van der Waals surface area contributed by atoms with Gasteiger partial charge in [-0.2, -0.15) is 0 Å². The Labute approximate surface area is 227 Å². The SMILES string of the molecule is Cc1cc(C)c(-c2ccc3ccccc3c2-c2c(O)c(OCc3ccccc3F)cc3ccccc23)c(C)c1. The van der Waals surface area contributed by atoms with Gasteiger partial charge in [0.25, 0.3) is 0 Å². The van der Waals surface area contributed by atoms with Crippen LogP contribution >= 0.6 is 0 Å². The molecule has 39 heavy (non-hydrogen) atoms. The predicted octanol–water partition coefficient (Wildman–Crippen LogP) is 9.68. The highest BCUT2D eigenvalue weighted by atomic mass is 19.1. The van der Waals surface area contributed by atoms with Crippen LogP contribution in [0.1, 0.15) is 22.3 Å². The Hall–Kier alpha value is -4.63. The zero-order valence-electron chi connectivity index (χ0n) is 22.3. The summed E-state index contributed by atoms with van der Waals surface area (Å²) in [6.45, 7) is 6.40. The molecule has 0 aromatic heterocycles. The molecule has 0 aliphatic carbocycles. The van der Waals surface area contributed by atoms with E-state index in [9.17, 15) is 9.50 Å². The van der Waals surface area contributed by atoms with E-state index in [4.69, 9.17) is 4.74 Å². The molecule has 0 amide bonds. The molecule has 0 heterocycles.